The second kappa shape index (κ2) is 10.8. The van der Waals surface area contributed by atoms with Gasteiger partial charge < -0.3 is 5.11 Å². The van der Waals surface area contributed by atoms with Crippen molar-refractivity contribution in [2.45, 2.75) is 25.4 Å². The number of hydrazone groups is 1. The third-order valence-electron chi connectivity index (χ3n) is 5.14. The third-order valence-corrected chi connectivity index (χ3v) is 6.07. The number of carbonyl (C=O) groups is 1. The van der Waals surface area contributed by atoms with Gasteiger partial charge in [-0.25, -0.2) is 5.43 Å². The zero-order valence-electron chi connectivity index (χ0n) is 19.0. The molecule has 7 nitrogen and oxygen atoms in total. The maximum absolute atomic E-state index is 12.5. The number of benzene rings is 3. The lowest BCUT2D eigenvalue weighted by Crippen LogP contribution is -2.22. The van der Waals surface area contributed by atoms with E-state index in [1.807, 2.05) is 73.0 Å². The molecule has 4 rings (SSSR count). The van der Waals surface area contributed by atoms with E-state index < -0.39 is 0 Å². The fraction of sp³-hybridized carbons (Fsp3) is 0.154. The molecule has 8 heteroatoms. The first-order valence-electron chi connectivity index (χ1n) is 10.9. The van der Waals surface area contributed by atoms with E-state index >= 15 is 0 Å². The number of aryl methyl sites for hydroxylation is 1. The van der Waals surface area contributed by atoms with Gasteiger partial charge in [0.05, 0.1) is 11.5 Å². The first kappa shape index (κ1) is 23.3. The summed E-state index contributed by atoms with van der Waals surface area (Å²) in [7, 11) is 0. The van der Waals surface area contributed by atoms with Crippen LogP contribution in [0.4, 0.5) is 0 Å². The Morgan fingerprint density at radius 3 is 2.38 bits per heavy atom. The van der Waals surface area contributed by atoms with Crippen molar-refractivity contribution in [2.75, 3.05) is 5.75 Å². The molecule has 0 aliphatic rings. The van der Waals surface area contributed by atoms with Crippen molar-refractivity contribution in [3.63, 3.8) is 0 Å². The summed E-state index contributed by atoms with van der Waals surface area (Å²) >= 11 is 1.30. The Morgan fingerprint density at radius 1 is 1.00 bits per heavy atom. The molecular formula is C26H25N5O2S. The molecule has 0 unspecified atom stereocenters. The van der Waals surface area contributed by atoms with E-state index in [0.29, 0.717) is 17.4 Å². The predicted molar refractivity (Wildman–Crippen MR) is 135 cm³/mol. The Kier molecular flexibility index (Phi) is 7.39. The zero-order valence-corrected chi connectivity index (χ0v) is 19.8. The van der Waals surface area contributed by atoms with Gasteiger partial charge in [-0.05, 0) is 55.3 Å². The van der Waals surface area contributed by atoms with Crippen LogP contribution in [-0.2, 0) is 4.79 Å². The topological polar surface area (TPSA) is 92.4 Å². The monoisotopic (exact) mass is 471 g/mol. The van der Waals surface area contributed by atoms with Crippen molar-refractivity contribution in [3.8, 4) is 22.8 Å². The molecule has 1 heterocycles. The number of nitrogens with one attached hydrogen (secondary N) is 1. The van der Waals surface area contributed by atoms with Crippen LogP contribution in [0.3, 0.4) is 0 Å². The molecule has 34 heavy (non-hydrogen) atoms. The molecule has 1 aromatic heterocycles. The molecule has 0 atom stereocenters. The second-order valence-corrected chi connectivity index (χ2v) is 8.57. The maximum atomic E-state index is 12.5. The van der Waals surface area contributed by atoms with Gasteiger partial charge in [0.15, 0.2) is 11.0 Å². The van der Waals surface area contributed by atoms with Crippen LogP contribution in [0.25, 0.3) is 17.1 Å². The Hall–Kier alpha value is -3.91. The number of phenols is 1. The van der Waals surface area contributed by atoms with Crippen LogP contribution in [0, 0.1) is 6.92 Å². The van der Waals surface area contributed by atoms with Crippen molar-refractivity contribution in [1.82, 2.24) is 20.2 Å². The molecule has 0 bridgehead atoms. The highest BCUT2D eigenvalue weighted by Gasteiger charge is 2.17. The van der Waals surface area contributed by atoms with E-state index in [2.05, 4.69) is 20.7 Å². The fourth-order valence-electron chi connectivity index (χ4n) is 3.36. The summed E-state index contributed by atoms with van der Waals surface area (Å²) in [6.45, 7) is 4.00. The first-order chi connectivity index (χ1) is 16.5. The lowest BCUT2D eigenvalue weighted by Gasteiger charge is -2.10. The molecule has 0 saturated heterocycles. The molecule has 0 radical (unpaired) electrons. The number of carbonyl (C=O) groups excluding carboxylic acids is 1. The van der Waals surface area contributed by atoms with Crippen molar-refractivity contribution >= 4 is 23.4 Å². The highest BCUT2D eigenvalue weighted by Crippen LogP contribution is 2.28. The summed E-state index contributed by atoms with van der Waals surface area (Å²) in [5.41, 5.74) is 7.24. The molecule has 0 fully saturated rings. The number of thioether (sulfide) groups is 1. The van der Waals surface area contributed by atoms with Crippen LogP contribution in [0.15, 0.2) is 89.1 Å². The molecule has 172 valence electrons. The number of phenolic OH excluding ortho intramolecular Hbond substituents is 1. The summed E-state index contributed by atoms with van der Waals surface area (Å²) in [4.78, 5) is 12.5. The van der Waals surface area contributed by atoms with E-state index in [1.165, 1.54) is 17.3 Å². The Balaban J connectivity index is 1.52. The quantitative estimate of drug-likeness (QED) is 0.215. The first-order valence-corrected chi connectivity index (χ1v) is 11.9. The average Bonchev–Trinajstić information content (AvgIpc) is 3.29. The van der Waals surface area contributed by atoms with E-state index in [1.54, 1.807) is 24.3 Å². The van der Waals surface area contributed by atoms with Gasteiger partial charge in [0.1, 0.15) is 5.75 Å². The summed E-state index contributed by atoms with van der Waals surface area (Å²) in [5, 5.41) is 23.2. The number of aromatic hydroxyl groups is 1. The van der Waals surface area contributed by atoms with E-state index in [0.717, 1.165) is 22.5 Å². The van der Waals surface area contributed by atoms with Crippen LogP contribution in [-0.4, -0.2) is 37.2 Å². The van der Waals surface area contributed by atoms with Crippen LogP contribution >= 0.6 is 11.8 Å². The van der Waals surface area contributed by atoms with Gasteiger partial charge in [0, 0.05) is 11.3 Å². The lowest BCUT2D eigenvalue weighted by molar-refractivity contribution is -0.118. The van der Waals surface area contributed by atoms with Gasteiger partial charge in [-0.2, -0.15) is 5.10 Å². The maximum Gasteiger partial charge on any atom is 0.250 e. The lowest BCUT2D eigenvalue weighted by atomic mass is 10.1. The summed E-state index contributed by atoms with van der Waals surface area (Å²) in [6.07, 6.45) is 0.639. The number of nitrogens with zero attached hydrogens (tertiary/aromatic N) is 4. The molecule has 0 saturated carbocycles. The van der Waals surface area contributed by atoms with Crippen molar-refractivity contribution in [1.29, 1.82) is 0 Å². The molecule has 4 aromatic rings. The van der Waals surface area contributed by atoms with Gasteiger partial charge in [-0.1, -0.05) is 66.7 Å². The number of hydrogen-bond donors (Lipinski definition) is 2. The molecule has 0 spiro atoms. The summed E-state index contributed by atoms with van der Waals surface area (Å²) in [5.74, 6) is 0.795. The van der Waals surface area contributed by atoms with E-state index in [4.69, 9.17) is 0 Å². The molecule has 0 aliphatic heterocycles. The van der Waals surface area contributed by atoms with Crippen molar-refractivity contribution < 1.29 is 9.90 Å². The molecular weight excluding hydrogens is 446 g/mol. The van der Waals surface area contributed by atoms with Gasteiger partial charge in [-0.15, -0.1) is 10.2 Å². The van der Waals surface area contributed by atoms with Crippen LogP contribution in [0.5, 0.6) is 5.75 Å². The summed E-state index contributed by atoms with van der Waals surface area (Å²) < 4.78 is 1.96. The SMILES string of the molecule is CC/C(=N\NC(=O)CSc1nnc(-c2ccc(C)cc2)n1-c1ccccc1)c1ccc(O)cc1. The minimum absolute atomic E-state index is 0.134. The summed E-state index contributed by atoms with van der Waals surface area (Å²) in [6, 6.07) is 24.7. The molecule has 1 amide bonds. The highest BCUT2D eigenvalue weighted by molar-refractivity contribution is 7.99. The Morgan fingerprint density at radius 2 is 1.71 bits per heavy atom. The van der Waals surface area contributed by atoms with Gasteiger partial charge in [0.2, 0.25) is 0 Å². The van der Waals surface area contributed by atoms with Crippen molar-refractivity contribution in [3.05, 3.63) is 90.0 Å². The number of hydrogen-bond acceptors (Lipinski definition) is 6. The normalized spacial score (nSPS) is 11.4. The van der Waals surface area contributed by atoms with Crippen LogP contribution < -0.4 is 5.43 Å². The highest BCUT2D eigenvalue weighted by atomic mass is 32.2. The smallest absolute Gasteiger partial charge is 0.250 e. The molecule has 3 aromatic carbocycles. The minimum Gasteiger partial charge on any atom is -0.508 e. The van der Waals surface area contributed by atoms with Gasteiger partial charge in [0.25, 0.3) is 5.91 Å². The zero-order chi connectivity index (χ0) is 23.9. The van der Waals surface area contributed by atoms with Crippen LogP contribution in [0.2, 0.25) is 0 Å². The largest absolute Gasteiger partial charge is 0.508 e. The Labute approximate surface area is 202 Å². The number of amides is 1. The van der Waals surface area contributed by atoms with Gasteiger partial charge >= 0.3 is 0 Å². The average molecular weight is 472 g/mol. The minimum atomic E-state index is -0.241. The van der Waals surface area contributed by atoms with Gasteiger partial charge in [-0.3, -0.25) is 9.36 Å². The molecule has 0 aliphatic carbocycles. The number of aromatic nitrogens is 3. The Bertz CT molecular complexity index is 1280. The fourth-order valence-corrected chi connectivity index (χ4v) is 4.10. The standard InChI is InChI=1S/C26H25N5O2S/c1-3-23(19-13-15-22(32)16-14-19)27-28-24(33)17-34-26-30-29-25(20-11-9-18(2)10-12-20)31(26)21-7-5-4-6-8-21/h4-16,32H,3,17H2,1-2H3,(H,28,33)/b27-23+. The van der Waals surface area contributed by atoms with E-state index in [9.17, 15) is 9.90 Å². The predicted octanol–water partition coefficient (Wildman–Crippen LogP) is 4.97. The number of rotatable bonds is 8. The number of para-hydroxylation sites is 1. The second-order valence-electron chi connectivity index (χ2n) is 7.63. The van der Waals surface area contributed by atoms with Crippen molar-refractivity contribution in [2.24, 2.45) is 5.10 Å². The van der Waals surface area contributed by atoms with Crippen LogP contribution in [0.1, 0.15) is 24.5 Å². The molecule has 2 N–H and O–H groups in total. The van der Waals surface area contributed by atoms with E-state index in [-0.39, 0.29) is 17.4 Å². The third kappa shape index (κ3) is 5.52.